The van der Waals surface area contributed by atoms with E-state index in [4.69, 9.17) is 12.2 Å². The molecule has 0 radical (unpaired) electrons. The van der Waals surface area contributed by atoms with Crippen LogP contribution in [0, 0.1) is 11.6 Å². The van der Waals surface area contributed by atoms with Gasteiger partial charge in [0.2, 0.25) is 0 Å². The normalized spacial score (nSPS) is 18.2. The van der Waals surface area contributed by atoms with Crippen molar-refractivity contribution in [1.29, 1.82) is 0 Å². The fourth-order valence-electron chi connectivity index (χ4n) is 3.06. The lowest BCUT2D eigenvalue weighted by molar-refractivity contribution is -0.116. The minimum Gasteiger partial charge on any atom is -0.329 e. The van der Waals surface area contributed by atoms with E-state index in [0.717, 1.165) is 12.1 Å². The number of anilines is 1. The molecule has 2 aromatic carbocycles. The van der Waals surface area contributed by atoms with Gasteiger partial charge in [0.15, 0.2) is 0 Å². The van der Waals surface area contributed by atoms with E-state index in [2.05, 4.69) is 5.32 Å². The fraction of sp³-hybridized carbons (Fsp3) is 0.263. The first-order valence-electron chi connectivity index (χ1n) is 8.47. The summed E-state index contributed by atoms with van der Waals surface area (Å²) < 4.78 is 27.9. The average molecular weight is 424 g/mol. The molecule has 0 saturated carbocycles. The number of amides is 2. The van der Waals surface area contributed by atoms with Crippen LogP contribution in [0.4, 0.5) is 19.3 Å². The van der Waals surface area contributed by atoms with Crippen molar-refractivity contribution in [3.05, 3.63) is 65.7 Å². The van der Waals surface area contributed by atoms with Gasteiger partial charge in [-0.2, -0.15) is 5.06 Å². The topological polar surface area (TPSA) is 55.8 Å². The van der Waals surface area contributed by atoms with E-state index in [1.54, 1.807) is 44.2 Å². The van der Waals surface area contributed by atoms with Gasteiger partial charge in [0, 0.05) is 11.3 Å². The third kappa shape index (κ3) is 4.11. The summed E-state index contributed by atoms with van der Waals surface area (Å²) >= 11 is 6.61. The van der Waals surface area contributed by atoms with Gasteiger partial charge in [-0.1, -0.05) is 48.2 Å². The smallest absolute Gasteiger partial charge is 0.329 e. The number of rotatable bonds is 4. The minimum atomic E-state index is -0.923. The van der Waals surface area contributed by atoms with Gasteiger partial charge in [-0.3, -0.25) is 5.21 Å². The van der Waals surface area contributed by atoms with Crippen LogP contribution in [0.15, 0.2) is 48.5 Å². The van der Waals surface area contributed by atoms with E-state index < -0.39 is 28.6 Å². The van der Waals surface area contributed by atoms with Gasteiger partial charge in [0.1, 0.15) is 22.1 Å². The summed E-state index contributed by atoms with van der Waals surface area (Å²) in [5.74, 6) is -1.43. The van der Waals surface area contributed by atoms with Crippen molar-refractivity contribution >= 4 is 40.0 Å². The van der Waals surface area contributed by atoms with Crippen LogP contribution in [0.1, 0.15) is 19.4 Å². The Hall–Kier alpha value is -2.23. The monoisotopic (exact) mass is 423 g/mol. The molecule has 0 aliphatic carbocycles. The molecule has 1 aliphatic rings. The zero-order chi connectivity index (χ0) is 20.5. The maximum absolute atomic E-state index is 14.1. The van der Waals surface area contributed by atoms with E-state index in [1.165, 1.54) is 22.7 Å². The van der Waals surface area contributed by atoms with E-state index in [1.807, 2.05) is 0 Å². The summed E-state index contributed by atoms with van der Waals surface area (Å²) in [4.78, 5) is 14.0. The first kappa shape index (κ1) is 20.5. The Labute approximate surface area is 171 Å². The number of hydrogen-bond acceptors (Lipinski definition) is 4. The molecule has 0 unspecified atom stereocenters. The van der Waals surface area contributed by atoms with Gasteiger partial charge < -0.3 is 10.2 Å². The molecule has 1 saturated heterocycles. The molecule has 2 aromatic rings. The summed E-state index contributed by atoms with van der Waals surface area (Å²) in [6, 6.07) is 11.5. The van der Waals surface area contributed by atoms with Gasteiger partial charge in [-0.15, -0.1) is 0 Å². The summed E-state index contributed by atoms with van der Waals surface area (Å²) in [6.07, 6.45) is -0.923. The minimum absolute atomic E-state index is 0.176. The van der Waals surface area contributed by atoms with E-state index >= 15 is 0 Å². The summed E-state index contributed by atoms with van der Waals surface area (Å²) in [6.45, 7) is 3.38. The lowest BCUT2D eigenvalue weighted by Crippen LogP contribution is -2.55. The Morgan fingerprint density at radius 1 is 1.21 bits per heavy atom. The molecule has 3 rings (SSSR count). The molecule has 2 N–H and O–H groups in total. The number of carbonyl (C=O) groups excluding carboxylic acids is 1. The zero-order valence-electron chi connectivity index (χ0n) is 15.2. The Morgan fingerprint density at radius 2 is 1.82 bits per heavy atom. The molecule has 1 fully saturated rings. The van der Waals surface area contributed by atoms with Crippen molar-refractivity contribution in [3.63, 3.8) is 0 Å². The molecule has 0 spiro atoms. The van der Waals surface area contributed by atoms with Crippen molar-refractivity contribution in [2.45, 2.75) is 31.3 Å². The number of para-hydroxylation sites is 1. The molecule has 1 atom stereocenters. The lowest BCUT2D eigenvalue weighted by Gasteiger charge is -2.37. The molecular formula is C19H19F2N3O2S2. The summed E-state index contributed by atoms with van der Waals surface area (Å²) in [5.41, 5.74) is 0.328. The maximum Gasteiger partial charge on any atom is 0.347 e. The van der Waals surface area contributed by atoms with E-state index in [0.29, 0.717) is 15.1 Å². The number of nitrogens with zero attached hydrogens (tertiary/aromatic N) is 2. The van der Waals surface area contributed by atoms with Crippen LogP contribution in [0.5, 0.6) is 0 Å². The number of urea groups is 1. The van der Waals surface area contributed by atoms with Crippen LogP contribution in [-0.4, -0.2) is 36.4 Å². The molecule has 148 valence electrons. The molecule has 5 nitrogen and oxygen atoms in total. The van der Waals surface area contributed by atoms with Crippen molar-refractivity contribution in [1.82, 2.24) is 9.96 Å². The van der Waals surface area contributed by atoms with Gasteiger partial charge in [-0.25, -0.2) is 13.6 Å². The van der Waals surface area contributed by atoms with E-state index in [-0.39, 0.29) is 12.1 Å². The Kier molecular flexibility index (Phi) is 5.87. The lowest BCUT2D eigenvalue weighted by atomic mass is 10.1. The molecule has 0 bridgehead atoms. The molecule has 1 aliphatic heterocycles. The largest absolute Gasteiger partial charge is 0.347 e. The summed E-state index contributed by atoms with van der Waals surface area (Å²) in [7, 11) is 0. The standard InChI is InChI=1S/C19H19F2N3O2S2/c1-19(2)16(24(26)17(25)22-12-7-4-3-5-8-12)23(18(27)28-19)11-13-14(20)9-6-10-15(13)21/h3-10,16,26H,11H2,1-2H3,(H,22,25)/t16-/m1/s1. The Bertz CT molecular complexity index is 876. The number of thiocarbonyl (C=S) groups is 1. The second kappa shape index (κ2) is 8.02. The molecule has 2 amide bonds. The highest BCUT2D eigenvalue weighted by Gasteiger charge is 2.49. The van der Waals surface area contributed by atoms with Gasteiger partial charge in [0.05, 0.1) is 11.3 Å². The number of halogens is 2. The predicted octanol–water partition coefficient (Wildman–Crippen LogP) is 4.83. The number of nitrogens with one attached hydrogen (secondary N) is 1. The molecule has 1 heterocycles. The van der Waals surface area contributed by atoms with Crippen LogP contribution in [0.2, 0.25) is 0 Å². The van der Waals surface area contributed by atoms with Crippen LogP contribution in [-0.2, 0) is 6.54 Å². The number of hydrogen-bond donors (Lipinski definition) is 2. The second-order valence-corrected chi connectivity index (χ2v) is 9.10. The fourth-order valence-corrected chi connectivity index (χ4v) is 4.93. The Morgan fingerprint density at radius 3 is 2.43 bits per heavy atom. The SMILES string of the molecule is CC1(C)SC(=S)N(Cc2c(F)cccc2F)[C@@H]1N(O)C(=O)Nc1ccccc1. The first-order valence-corrected chi connectivity index (χ1v) is 9.70. The number of thioether (sulfide) groups is 1. The highest BCUT2D eigenvalue weighted by Crippen LogP contribution is 2.43. The summed E-state index contributed by atoms with van der Waals surface area (Å²) in [5, 5.41) is 13.8. The van der Waals surface area contributed by atoms with Crippen molar-refractivity contribution in [2.24, 2.45) is 0 Å². The third-order valence-electron chi connectivity index (χ3n) is 4.36. The highest BCUT2D eigenvalue weighted by molar-refractivity contribution is 8.24. The van der Waals surface area contributed by atoms with Crippen molar-refractivity contribution < 1.29 is 18.8 Å². The molecule has 0 aromatic heterocycles. The molecule has 28 heavy (non-hydrogen) atoms. The van der Waals surface area contributed by atoms with Crippen LogP contribution in [0.25, 0.3) is 0 Å². The van der Waals surface area contributed by atoms with Gasteiger partial charge in [-0.05, 0) is 38.1 Å². The highest BCUT2D eigenvalue weighted by atomic mass is 32.2. The zero-order valence-corrected chi connectivity index (χ0v) is 16.9. The van der Waals surface area contributed by atoms with Gasteiger partial charge >= 0.3 is 6.03 Å². The number of hydroxylamine groups is 2. The third-order valence-corrected chi connectivity index (χ3v) is 5.99. The van der Waals surface area contributed by atoms with Crippen molar-refractivity contribution in [2.75, 3.05) is 5.32 Å². The predicted molar refractivity (Wildman–Crippen MR) is 109 cm³/mol. The van der Waals surface area contributed by atoms with Crippen LogP contribution < -0.4 is 5.32 Å². The first-order chi connectivity index (χ1) is 13.2. The van der Waals surface area contributed by atoms with Crippen LogP contribution in [0.3, 0.4) is 0 Å². The number of benzene rings is 2. The number of carbonyl (C=O) groups is 1. The quantitative estimate of drug-likeness (QED) is 0.419. The van der Waals surface area contributed by atoms with Crippen LogP contribution >= 0.6 is 24.0 Å². The Balaban J connectivity index is 1.87. The molecular weight excluding hydrogens is 404 g/mol. The molecule has 9 heteroatoms. The second-order valence-electron chi connectivity index (χ2n) is 6.81. The average Bonchev–Trinajstić information content (AvgIpc) is 2.86. The maximum atomic E-state index is 14.1. The van der Waals surface area contributed by atoms with Gasteiger partial charge in [0.25, 0.3) is 0 Å². The van der Waals surface area contributed by atoms with Crippen molar-refractivity contribution in [3.8, 4) is 0 Å². The van der Waals surface area contributed by atoms with E-state index in [9.17, 15) is 18.8 Å².